The van der Waals surface area contributed by atoms with Crippen molar-refractivity contribution in [1.29, 1.82) is 0 Å². The van der Waals surface area contributed by atoms with Gasteiger partial charge in [0.15, 0.2) is 0 Å². The van der Waals surface area contributed by atoms with Crippen molar-refractivity contribution in [1.82, 2.24) is 25.2 Å². The minimum Gasteiger partial charge on any atom is -0.478 e. The van der Waals surface area contributed by atoms with Gasteiger partial charge in [0.05, 0.1) is 23.8 Å². The predicted octanol–water partition coefficient (Wildman–Crippen LogP) is 2.23. The number of hydrogen-bond acceptors (Lipinski definition) is 4. The quantitative estimate of drug-likeness (QED) is 0.813. The lowest BCUT2D eigenvalue weighted by atomic mass is 10.1. The molecular formula is C19H23N5O3. The Kier molecular flexibility index (Phi) is 4.79. The van der Waals surface area contributed by atoms with Crippen LogP contribution in [0.25, 0.3) is 0 Å². The highest BCUT2D eigenvalue weighted by atomic mass is 16.4. The van der Waals surface area contributed by atoms with E-state index in [4.69, 9.17) is 5.11 Å². The minimum absolute atomic E-state index is 0.0951. The highest BCUT2D eigenvalue weighted by molar-refractivity contribution is 5.87. The van der Waals surface area contributed by atoms with Crippen molar-refractivity contribution in [3.05, 3.63) is 47.3 Å². The molecule has 1 aromatic carbocycles. The van der Waals surface area contributed by atoms with Crippen LogP contribution in [0.15, 0.2) is 30.5 Å². The molecule has 8 heteroatoms. The first-order chi connectivity index (χ1) is 13.1. The van der Waals surface area contributed by atoms with Gasteiger partial charge in [-0.2, -0.15) is 0 Å². The maximum atomic E-state index is 12.6. The Bertz CT molecular complexity index is 828. The van der Waals surface area contributed by atoms with Gasteiger partial charge in [-0.05, 0) is 43.4 Å². The fourth-order valence-electron chi connectivity index (χ4n) is 3.52. The number of carboxylic acids is 1. The first kappa shape index (κ1) is 17.5. The van der Waals surface area contributed by atoms with Gasteiger partial charge in [0.2, 0.25) is 0 Å². The normalized spacial score (nSPS) is 19.3. The molecule has 0 spiro atoms. The van der Waals surface area contributed by atoms with Crippen molar-refractivity contribution in [2.75, 3.05) is 6.54 Å². The van der Waals surface area contributed by atoms with Gasteiger partial charge in [0.1, 0.15) is 0 Å². The number of amides is 2. The third-order valence-corrected chi connectivity index (χ3v) is 5.23. The van der Waals surface area contributed by atoms with E-state index in [-0.39, 0.29) is 17.6 Å². The summed E-state index contributed by atoms with van der Waals surface area (Å²) in [6.45, 7) is 1.77. The van der Waals surface area contributed by atoms with Crippen molar-refractivity contribution in [3.63, 3.8) is 0 Å². The highest BCUT2D eigenvalue weighted by Crippen LogP contribution is 2.38. The van der Waals surface area contributed by atoms with Gasteiger partial charge < -0.3 is 15.3 Å². The SMILES string of the molecule is O=C(O)c1ccc(CNC(=O)N2CCC[C@H]2Cn2cc(C3CC3)nn2)cc1. The third-order valence-electron chi connectivity index (χ3n) is 5.23. The van der Waals surface area contributed by atoms with Crippen LogP contribution in [0.2, 0.25) is 0 Å². The van der Waals surface area contributed by atoms with E-state index in [9.17, 15) is 9.59 Å². The van der Waals surface area contributed by atoms with Crippen molar-refractivity contribution >= 4 is 12.0 Å². The van der Waals surface area contributed by atoms with Gasteiger partial charge in [-0.25, -0.2) is 9.59 Å². The van der Waals surface area contributed by atoms with E-state index in [2.05, 4.69) is 15.6 Å². The molecular weight excluding hydrogens is 346 g/mol. The number of rotatable bonds is 6. The maximum absolute atomic E-state index is 12.6. The van der Waals surface area contributed by atoms with Crippen LogP contribution in [0.4, 0.5) is 4.79 Å². The van der Waals surface area contributed by atoms with Crippen LogP contribution in [-0.2, 0) is 13.1 Å². The molecule has 0 radical (unpaired) electrons. The van der Waals surface area contributed by atoms with Crippen LogP contribution in [0.1, 0.15) is 53.2 Å². The van der Waals surface area contributed by atoms with Crippen LogP contribution < -0.4 is 5.32 Å². The average molecular weight is 369 g/mol. The molecule has 1 atom stereocenters. The number of carbonyl (C=O) groups excluding carboxylic acids is 1. The summed E-state index contributed by atoms with van der Waals surface area (Å²) in [6, 6.07) is 6.56. The Labute approximate surface area is 157 Å². The molecule has 27 heavy (non-hydrogen) atoms. The van der Waals surface area contributed by atoms with Gasteiger partial charge in [-0.15, -0.1) is 5.10 Å². The molecule has 4 rings (SSSR count). The fourth-order valence-corrected chi connectivity index (χ4v) is 3.52. The Morgan fingerprint density at radius 2 is 1.96 bits per heavy atom. The standard InChI is InChI=1S/C19H23N5O3/c25-18(26)15-5-3-13(4-6-15)10-20-19(27)24-9-1-2-16(24)11-23-12-17(21-22-23)14-7-8-14/h3-6,12,14,16H,1-2,7-11H2,(H,20,27)(H,25,26)/t16-/m0/s1. The average Bonchev–Trinajstić information content (AvgIpc) is 3.24. The molecule has 2 fully saturated rings. The first-order valence-corrected chi connectivity index (χ1v) is 9.37. The number of aromatic nitrogens is 3. The molecule has 1 aromatic heterocycles. The number of likely N-dealkylation sites (tertiary alicyclic amines) is 1. The molecule has 1 saturated heterocycles. The molecule has 1 aliphatic carbocycles. The van der Waals surface area contributed by atoms with E-state index >= 15 is 0 Å². The Morgan fingerprint density at radius 3 is 2.67 bits per heavy atom. The molecule has 142 valence electrons. The number of nitrogens with one attached hydrogen (secondary N) is 1. The molecule has 2 aliphatic rings. The van der Waals surface area contributed by atoms with E-state index < -0.39 is 5.97 Å². The number of urea groups is 1. The number of benzene rings is 1. The molecule has 8 nitrogen and oxygen atoms in total. The summed E-state index contributed by atoms with van der Waals surface area (Å²) in [6.07, 6.45) is 6.35. The molecule has 2 N–H and O–H groups in total. The van der Waals surface area contributed by atoms with E-state index in [1.165, 1.54) is 12.8 Å². The second kappa shape index (κ2) is 7.38. The van der Waals surface area contributed by atoms with Crippen molar-refractivity contribution in [2.24, 2.45) is 0 Å². The highest BCUT2D eigenvalue weighted by Gasteiger charge is 2.30. The number of hydrogen-bond donors (Lipinski definition) is 2. The van der Waals surface area contributed by atoms with Crippen LogP contribution >= 0.6 is 0 Å². The van der Waals surface area contributed by atoms with Crippen LogP contribution in [0.5, 0.6) is 0 Å². The topological polar surface area (TPSA) is 100 Å². The Hall–Kier alpha value is -2.90. The van der Waals surface area contributed by atoms with Crippen LogP contribution in [0, 0.1) is 0 Å². The Morgan fingerprint density at radius 1 is 1.19 bits per heavy atom. The molecule has 1 aliphatic heterocycles. The summed E-state index contributed by atoms with van der Waals surface area (Å²) in [5.74, 6) is -0.377. The summed E-state index contributed by atoms with van der Waals surface area (Å²) in [5.41, 5.74) is 2.17. The van der Waals surface area contributed by atoms with Crippen molar-refractivity contribution < 1.29 is 14.7 Å². The molecule has 2 amide bonds. The van der Waals surface area contributed by atoms with E-state index in [0.717, 1.165) is 30.6 Å². The molecule has 1 saturated carbocycles. The largest absolute Gasteiger partial charge is 0.478 e. The zero-order valence-electron chi connectivity index (χ0n) is 15.0. The predicted molar refractivity (Wildman–Crippen MR) is 97.4 cm³/mol. The number of nitrogens with zero attached hydrogens (tertiary/aromatic N) is 4. The molecule has 0 bridgehead atoms. The fraction of sp³-hybridized carbons (Fsp3) is 0.474. The molecule has 2 aromatic rings. The smallest absolute Gasteiger partial charge is 0.335 e. The lowest BCUT2D eigenvalue weighted by molar-refractivity contribution is 0.0697. The van der Waals surface area contributed by atoms with Gasteiger partial charge in [-0.3, -0.25) is 4.68 Å². The second-order valence-electron chi connectivity index (χ2n) is 7.29. The van der Waals surface area contributed by atoms with E-state index in [0.29, 0.717) is 19.0 Å². The number of aromatic carboxylic acids is 1. The molecule has 0 unspecified atom stereocenters. The minimum atomic E-state index is -0.955. The summed E-state index contributed by atoms with van der Waals surface area (Å²) in [7, 11) is 0. The lowest BCUT2D eigenvalue weighted by Crippen LogP contribution is -2.44. The third kappa shape index (κ3) is 4.10. The van der Waals surface area contributed by atoms with Crippen molar-refractivity contribution in [2.45, 2.75) is 50.7 Å². The summed E-state index contributed by atoms with van der Waals surface area (Å²) in [5, 5.41) is 20.3. The molecule has 2 heterocycles. The zero-order valence-corrected chi connectivity index (χ0v) is 15.0. The van der Waals surface area contributed by atoms with Crippen molar-refractivity contribution in [3.8, 4) is 0 Å². The lowest BCUT2D eigenvalue weighted by Gasteiger charge is -2.24. The summed E-state index contributed by atoms with van der Waals surface area (Å²) >= 11 is 0. The zero-order chi connectivity index (χ0) is 18.8. The summed E-state index contributed by atoms with van der Waals surface area (Å²) < 4.78 is 1.86. The monoisotopic (exact) mass is 369 g/mol. The van der Waals surface area contributed by atoms with E-state index in [1.807, 2.05) is 15.8 Å². The number of carboxylic acid groups (broad SMARTS) is 1. The van der Waals surface area contributed by atoms with Crippen LogP contribution in [0.3, 0.4) is 0 Å². The van der Waals surface area contributed by atoms with E-state index in [1.54, 1.807) is 24.3 Å². The number of carbonyl (C=O) groups is 2. The Balaban J connectivity index is 1.32. The van der Waals surface area contributed by atoms with Gasteiger partial charge >= 0.3 is 12.0 Å². The van der Waals surface area contributed by atoms with Gasteiger partial charge in [0.25, 0.3) is 0 Å². The first-order valence-electron chi connectivity index (χ1n) is 9.37. The summed E-state index contributed by atoms with van der Waals surface area (Å²) in [4.78, 5) is 25.4. The van der Waals surface area contributed by atoms with Gasteiger partial charge in [-0.1, -0.05) is 17.3 Å². The van der Waals surface area contributed by atoms with Gasteiger partial charge in [0, 0.05) is 25.2 Å². The van der Waals surface area contributed by atoms with Crippen LogP contribution in [-0.4, -0.2) is 49.6 Å². The second-order valence-corrected chi connectivity index (χ2v) is 7.29. The maximum Gasteiger partial charge on any atom is 0.335 e.